The fraction of sp³-hybridized carbons (Fsp3) is 0.389. The predicted molar refractivity (Wildman–Crippen MR) is 96.3 cm³/mol. The summed E-state index contributed by atoms with van der Waals surface area (Å²) >= 11 is 1.42. The van der Waals surface area contributed by atoms with E-state index in [1.54, 1.807) is 28.1 Å². The molecule has 2 aromatic heterocycles. The van der Waals surface area contributed by atoms with E-state index >= 15 is 0 Å². The summed E-state index contributed by atoms with van der Waals surface area (Å²) in [7, 11) is 0. The lowest BCUT2D eigenvalue weighted by atomic mass is 10.0. The molecule has 0 unspecified atom stereocenters. The van der Waals surface area contributed by atoms with Crippen LogP contribution in [-0.4, -0.2) is 66.8 Å². The normalized spacial score (nSPS) is 23.9. The number of thiophene rings is 1. The maximum atomic E-state index is 12.8. The summed E-state index contributed by atoms with van der Waals surface area (Å²) in [5.74, 6) is 0.407. The number of morpholine rings is 1. The van der Waals surface area contributed by atoms with E-state index in [2.05, 4.69) is 4.98 Å². The maximum Gasteiger partial charge on any atom is 0.264 e. The Morgan fingerprint density at radius 3 is 2.92 bits per heavy atom. The summed E-state index contributed by atoms with van der Waals surface area (Å²) in [4.78, 5) is 33.5. The fourth-order valence-electron chi connectivity index (χ4n) is 3.25. The molecule has 1 atom stereocenters. The van der Waals surface area contributed by atoms with Gasteiger partial charge in [-0.1, -0.05) is 12.1 Å². The van der Waals surface area contributed by atoms with Crippen molar-refractivity contribution in [2.75, 3.05) is 44.4 Å². The highest BCUT2D eigenvalue weighted by molar-refractivity contribution is 7.12. The van der Waals surface area contributed by atoms with Crippen LogP contribution in [0.1, 0.15) is 9.67 Å². The zero-order valence-corrected chi connectivity index (χ0v) is 15.0. The van der Waals surface area contributed by atoms with E-state index < -0.39 is 5.60 Å². The first-order valence-electron chi connectivity index (χ1n) is 8.43. The highest BCUT2D eigenvalue weighted by Crippen LogP contribution is 2.27. The van der Waals surface area contributed by atoms with Gasteiger partial charge in [0.1, 0.15) is 18.0 Å². The number of amides is 2. The summed E-state index contributed by atoms with van der Waals surface area (Å²) in [5, 5.41) is 1.88. The molecular weight excluding hydrogens is 354 g/mol. The molecule has 26 heavy (non-hydrogen) atoms. The number of carbonyl (C=O) groups excluding carboxylic acids is 2. The number of anilines is 1. The van der Waals surface area contributed by atoms with E-state index in [4.69, 9.17) is 9.47 Å². The second-order valence-electron chi connectivity index (χ2n) is 6.40. The Kier molecular flexibility index (Phi) is 4.71. The summed E-state index contributed by atoms with van der Waals surface area (Å²) in [6, 6.07) is 9.12. The number of hydrogen-bond acceptors (Lipinski definition) is 6. The van der Waals surface area contributed by atoms with Gasteiger partial charge in [-0.2, -0.15) is 0 Å². The smallest absolute Gasteiger partial charge is 0.264 e. The van der Waals surface area contributed by atoms with Gasteiger partial charge in [0.05, 0.1) is 31.2 Å². The number of ether oxygens (including phenoxy) is 2. The van der Waals surface area contributed by atoms with E-state index in [1.165, 1.54) is 11.3 Å². The first-order chi connectivity index (χ1) is 12.7. The molecule has 7 nitrogen and oxygen atoms in total. The quantitative estimate of drug-likeness (QED) is 0.796. The average Bonchev–Trinajstić information content (AvgIpc) is 3.13. The monoisotopic (exact) mass is 373 g/mol. The van der Waals surface area contributed by atoms with Crippen molar-refractivity contribution in [1.82, 2.24) is 9.88 Å². The molecule has 8 heteroatoms. The largest absolute Gasteiger partial charge is 0.376 e. The Morgan fingerprint density at radius 1 is 1.23 bits per heavy atom. The Morgan fingerprint density at radius 2 is 2.15 bits per heavy atom. The van der Waals surface area contributed by atoms with Gasteiger partial charge in [0.2, 0.25) is 0 Å². The second kappa shape index (κ2) is 7.14. The van der Waals surface area contributed by atoms with Gasteiger partial charge in [0, 0.05) is 12.7 Å². The third-order valence-corrected chi connectivity index (χ3v) is 5.40. The maximum absolute atomic E-state index is 12.8. The van der Waals surface area contributed by atoms with Crippen molar-refractivity contribution in [2.24, 2.45) is 0 Å². The molecule has 2 aliphatic heterocycles. The van der Waals surface area contributed by atoms with Crippen LogP contribution in [0, 0.1) is 0 Å². The molecule has 0 bridgehead atoms. The van der Waals surface area contributed by atoms with Crippen LogP contribution in [0.2, 0.25) is 0 Å². The topological polar surface area (TPSA) is 72.0 Å². The highest BCUT2D eigenvalue weighted by Gasteiger charge is 2.44. The zero-order chi connectivity index (χ0) is 18.0. The Labute approximate surface area is 155 Å². The Balaban J connectivity index is 1.57. The molecule has 0 saturated carbocycles. The molecule has 4 heterocycles. The molecule has 136 valence electrons. The number of hydrogen-bond donors (Lipinski definition) is 0. The van der Waals surface area contributed by atoms with Gasteiger partial charge in [-0.15, -0.1) is 11.3 Å². The molecule has 2 fully saturated rings. The van der Waals surface area contributed by atoms with Crippen LogP contribution in [0.4, 0.5) is 5.82 Å². The lowest BCUT2D eigenvalue weighted by Gasteiger charge is -2.42. The summed E-state index contributed by atoms with van der Waals surface area (Å²) < 4.78 is 11.6. The van der Waals surface area contributed by atoms with Gasteiger partial charge in [-0.05, 0) is 23.6 Å². The van der Waals surface area contributed by atoms with Crippen LogP contribution in [0.25, 0.3) is 0 Å². The molecule has 0 N–H and O–H groups in total. The zero-order valence-electron chi connectivity index (χ0n) is 14.2. The Bertz CT molecular complexity index is 783. The minimum Gasteiger partial charge on any atom is -0.376 e. The molecule has 0 aromatic carbocycles. The Hall–Kier alpha value is -2.29. The van der Waals surface area contributed by atoms with Crippen molar-refractivity contribution in [3.05, 3.63) is 46.8 Å². The standard InChI is InChI=1S/C18H19N3O4S/c22-16-10-25-18(12-21(16)15-5-1-2-6-19-15)11-20(7-8-24-13-18)17(23)14-4-3-9-26-14/h1-6,9H,7-8,10-13H2/t18-/m1/s1. The number of nitrogens with zero attached hydrogens (tertiary/aromatic N) is 3. The minimum absolute atomic E-state index is 0.0326. The number of rotatable bonds is 2. The molecule has 2 amide bonds. The van der Waals surface area contributed by atoms with Crippen molar-refractivity contribution < 1.29 is 19.1 Å². The van der Waals surface area contributed by atoms with E-state index in [9.17, 15) is 9.59 Å². The third-order valence-electron chi connectivity index (χ3n) is 4.54. The van der Waals surface area contributed by atoms with Gasteiger partial charge >= 0.3 is 0 Å². The molecule has 2 aromatic rings. The van der Waals surface area contributed by atoms with E-state index in [1.807, 2.05) is 23.6 Å². The number of pyridine rings is 1. The van der Waals surface area contributed by atoms with E-state index in [-0.39, 0.29) is 18.4 Å². The van der Waals surface area contributed by atoms with Crippen molar-refractivity contribution in [1.29, 1.82) is 0 Å². The van der Waals surface area contributed by atoms with Crippen molar-refractivity contribution in [2.45, 2.75) is 5.60 Å². The van der Waals surface area contributed by atoms with Gasteiger partial charge < -0.3 is 14.4 Å². The van der Waals surface area contributed by atoms with Crippen LogP contribution in [0.5, 0.6) is 0 Å². The van der Waals surface area contributed by atoms with Crippen LogP contribution in [-0.2, 0) is 14.3 Å². The summed E-state index contributed by atoms with van der Waals surface area (Å²) in [5.41, 5.74) is -0.755. The summed E-state index contributed by atoms with van der Waals surface area (Å²) in [6.07, 6.45) is 1.65. The average molecular weight is 373 g/mol. The van der Waals surface area contributed by atoms with Crippen LogP contribution >= 0.6 is 11.3 Å². The molecule has 0 radical (unpaired) electrons. The minimum atomic E-state index is -0.755. The van der Waals surface area contributed by atoms with Crippen molar-refractivity contribution in [3.8, 4) is 0 Å². The van der Waals surface area contributed by atoms with Gasteiger partial charge in [-0.25, -0.2) is 4.98 Å². The lowest BCUT2D eigenvalue weighted by molar-refractivity contribution is -0.145. The summed E-state index contributed by atoms with van der Waals surface area (Å²) in [6.45, 7) is 1.90. The first kappa shape index (κ1) is 17.1. The first-order valence-corrected chi connectivity index (χ1v) is 9.31. The molecule has 1 spiro atoms. The van der Waals surface area contributed by atoms with E-state index in [0.29, 0.717) is 43.5 Å². The van der Waals surface area contributed by atoms with Crippen molar-refractivity contribution >= 4 is 29.0 Å². The lowest BCUT2D eigenvalue weighted by Crippen LogP contribution is -2.61. The molecule has 2 saturated heterocycles. The SMILES string of the molecule is O=C(c1cccs1)N1CCOC[C@@]2(C1)CN(c1ccccn1)C(=O)CO2. The molecule has 2 aliphatic rings. The van der Waals surface area contributed by atoms with Gasteiger partial charge in [0.25, 0.3) is 11.8 Å². The molecular formula is C18H19N3O4S. The van der Waals surface area contributed by atoms with Gasteiger partial charge in [-0.3, -0.25) is 14.5 Å². The molecule has 0 aliphatic carbocycles. The van der Waals surface area contributed by atoms with Gasteiger partial charge in [0.15, 0.2) is 0 Å². The second-order valence-corrected chi connectivity index (χ2v) is 7.34. The number of aromatic nitrogens is 1. The van der Waals surface area contributed by atoms with Crippen LogP contribution < -0.4 is 4.90 Å². The van der Waals surface area contributed by atoms with Crippen LogP contribution in [0.15, 0.2) is 41.9 Å². The van der Waals surface area contributed by atoms with E-state index in [0.717, 1.165) is 0 Å². The highest BCUT2D eigenvalue weighted by atomic mass is 32.1. The fourth-order valence-corrected chi connectivity index (χ4v) is 3.95. The number of carbonyl (C=O) groups is 2. The predicted octanol–water partition coefficient (Wildman–Crippen LogP) is 1.42. The van der Waals surface area contributed by atoms with Crippen molar-refractivity contribution in [3.63, 3.8) is 0 Å². The molecule has 4 rings (SSSR count). The third kappa shape index (κ3) is 3.35. The van der Waals surface area contributed by atoms with Crippen LogP contribution in [0.3, 0.4) is 0 Å².